The van der Waals surface area contributed by atoms with Gasteiger partial charge >= 0.3 is 0 Å². The van der Waals surface area contributed by atoms with Crippen LogP contribution in [0, 0.1) is 13.8 Å². The van der Waals surface area contributed by atoms with Crippen LogP contribution in [0.25, 0.3) is 0 Å². The predicted molar refractivity (Wildman–Crippen MR) is 103 cm³/mol. The maximum Gasteiger partial charge on any atom is 0.261 e. The minimum Gasteiger partial charge on any atom is -0.484 e. The highest BCUT2D eigenvalue weighted by atomic mass is 16.5. The summed E-state index contributed by atoms with van der Waals surface area (Å²) in [5, 5.41) is 4.45. The Morgan fingerprint density at radius 1 is 1.22 bits per heavy atom. The number of Topliss-reactive ketones (excluding diaryl/α,β-unsaturated/α-hetero) is 1. The lowest BCUT2D eigenvalue weighted by Crippen LogP contribution is -2.36. The summed E-state index contributed by atoms with van der Waals surface area (Å²) in [5.41, 5.74) is 3.83. The van der Waals surface area contributed by atoms with Gasteiger partial charge in [0.05, 0.1) is 5.69 Å². The van der Waals surface area contributed by atoms with E-state index in [1.54, 1.807) is 24.3 Å². The lowest BCUT2D eigenvalue weighted by Gasteiger charge is -2.23. The van der Waals surface area contributed by atoms with E-state index in [0.29, 0.717) is 30.3 Å². The molecular weight excluding hydrogens is 342 g/mol. The number of carbonyl (C=O) groups is 2. The number of ketones is 1. The van der Waals surface area contributed by atoms with Crippen molar-refractivity contribution in [3.05, 3.63) is 46.8 Å². The number of ether oxygens (including phenoxy) is 1. The van der Waals surface area contributed by atoms with Gasteiger partial charge in [0.25, 0.3) is 5.91 Å². The van der Waals surface area contributed by atoms with E-state index in [0.717, 1.165) is 29.8 Å². The van der Waals surface area contributed by atoms with Gasteiger partial charge in [-0.1, -0.05) is 6.92 Å². The number of nitrogens with zero attached hydrogens (tertiary/aromatic N) is 3. The molecule has 27 heavy (non-hydrogen) atoms. The Hall–Kier alpha value is -2.63. The molecule has 0 spiro atoms. The van der Waals surface area contributed by atoms with Gasteiger partial charge in [0, 0.05) is 42.9 Å². The van der Waals surface area contributed by atoms with Gasteiger partial charge in [0.2, 0.25) is 0 Å². The first kappa shape index (κ1) is 19.1. The number of hydrogen-bond donors (Lipinski definition) is 0. The third kappa shape index (κ3) is 4.38. The minimum absolute atomic E-state index is 0.00404. The van der Waals surface area contributed by atoms with E-state index in [2.05, 4.69) is 5.10 Å². The van der Waals surface area contributed by atoms with Crippen molar-refractivity contribution < 1.29 is 14.3 Å². The molecule has 1 aliphatic rings. The Kier molecular flexibility index (Phi) is 5.63. The summed E-state index contributed by atoms with van der Waals surface area (Å²) in [6.07, 6.45) is 2.55. The van der Waals surface area contributed by atoms with Crippen LogP contribution in [0.5, 0.6) is 5.75 Å². The van der Waals surface area contributed by atoms with Crippen molar-refractivity contribution in [2.24, 2.45) is 7.05 Å². The van der Waals surface area contributed by atoms with Crippen LogP contribution in [0.1, 0.15) is 53.5 Å². The van der Waals surface area contributed by atoms with Gasteiger partial charge < -0.3 is 9.64 Å². The van der Waals surface area contributed by atoms with E-state index >= 15 is 0 Å². The molecule has 6 nitrogen and oxygen atoms in total. The van der Waals surface area contributed by atoms with Gasteiger partial charge in [-0.05, 0) is 51.0 Å². The molecule has 1 aromatic carbocycles. The standard InChI is InChI=1S/C21H27N3O3/c1-5-20(25)16-6-10-18(11-7-16)27-13-21(26)24(17-8-9-17)12-19-14(2)22-23(4)15(19)3/h6-7,10-11,17H,5,8-9,12-13H2,1-4H3. The molecule has 0 aliphatic heterocycles. The molecule has 3 rings (SSSR count). The maximum atomic E-state index is 12.8. The summed E-state index contributed by atoms with van der Waals surface area (Å²) in [4.78, 5) is 26.4. The van der Waals surface area contributed by atoms with E-state index < -0.39 is 0 Å². The Balaban J connectivity index is 1.63. The number of hydrogen-bond acceptors (Lipinski definition) is 4. The van der Waals surface area contributed by atoms with Crippen molar-refractivity contribution in [2.75, 3.05) is 6.61 Å². The fourth-order valence-electron chi connectivity index (χ4n) is 3.19. The molecular formula is C21H27N3O3. The zero-order valence-corrected chi connectivity index (χ0v) is 16.5. The average Bonchev–Trinajstić information content (AvgIpc) is 3.47. The normalized spacial score (nSPS) is 13.5. The van der Waals surface area contributed by atoms with E-state index in [9.17, 15) is 9.59 Å². The molecule has 1 saturated carbocycles. The number of rotatable bonds is 8. The van der Waals surface area contributed by atoms with Crippen LogP contribution in [0.3, 0.4) is 0 Å². The van der Waals surface area contributed by atoms with Crippen molar-refractivity contribution in [3.63, 3.8) is 0 Å². The zero-order chi connectivity index (χ0) is 19.6. The summed E-state index contributed by atoms with van der Waals surface area (Å²) >= 11 is 0. The van der Waals surface area contributed by atoms with Crippen molar-refractivity contribution in [1.29, 1.82) is 0 Å². The number of aryl methyl sites for hydroxylation is 2. The smallest absolute Gasteiger partial charge is 0.261 e. The first-order valence-electron chi connectivity index (χ1n) is 9.45. The van der Waals surface area contributed by atoms with Crippen molar-refractivity contribution >= 4 is 11.7 Å². The van der Waals surface area contributed by atoms with Gasteiger partial charge in [-0.15, -0.1) is 0 Å². The van der Waals surface area contributed by atoms with Gasteiger partial charge in [0.15, 0.2) is 12.4 Å². The van der Waals surface area contributed by atoms with Crippen LogP contribution in [-0.2, 0) is 18.4 Å². The molecule has 0 radical (unpaired) electrons. The van der Waals surface area contributed by atoms with Crippen LogP contribution < -0.4 is 4.74 Å². The number of aromatic nitrogens is 2. The van der Waals surface area contributed by atoms with Crippen molar-refractivity contribution in [1.82, 2.24) is 14.7 Å². The van der Waals surface area contributed by atoms with Gasteiger partial charge in [-0.25, -0.2) is 0 Å². The second kappa shape index (κ2) is 7.94. The van der Waals surface area contributed by atoms with Crippen LogP contribution in [0.4, 0.5) is 0 Å². The SMILES string of the molecule is CCC(=O)c1ccc(OCC(=O)N(Cc2c(C)nn(C)c2C)C2CC2)cc1. The summed E-state index contributed by atoms with van der Waals surface area (Å²) < 4.78 is 7.53. The van der Waals surface area contributed by atoms with E-state index in [1.807, 2.05) is 37.4 Å². The largest absolute Gasteiger partial charge is 0.484 e. The molecule has 144 valence electrons. The zero-order valence-electron chi connectivity index (χ0n) is 16.5. The molecule has 0 saturated heterocycles. The molecule has 0 unspecified atom stereocenters. The molecule has 2 aromatic rings. The second-order valence-electron chi connectivity index (χ2n) is 7.12. The lowest BCUT2D eigenvalue weighted by molar-refractivity contribution is -0.134. The predicted octanol–water partition coefficient (Wildman–Crippen LogP) is 3.20. The Morgan fingerprint density at radius 2 is 1.89 bits per heavy atom. The third-order valence-electron chi connectivity index (χ3n) is 5.16. The Morgan fingerprint density at radius 3 is 2.41 bits per heavy atom. The first-order valence-corrected chi connectivity index (χ1v) is 9.45. The highest BCUT2D eigenvalue weighted by Gasteiger charge is 2.33. The van der Waals surface area contributed by atoms with E-state index in [1.165, 1.54) is 0 Å². The summed E-state index contributed by atoms with van der Waals surface area (Å²) in [6, 6.07) is 7.27. The minimum atomic E-state index is -0.0196. The molecule has 1 aromatic heterocycles. The number of amides is 1. The highest BCUT2D eigenvalue weighted by molar-refractivity contribution is 5.95. The number of carbonyl (C=O) groups excluding carboxylic acids is 2. The molecule has 1 aliphatic carbocycles. The molecule has 6 heteroatoms. The van der Waals surface area contributed by atoms with Crippen LogP contribution in [-0.4, -0.2) is 39.0 Å². The van der Waals surface area contributed by atoms with Crippen LogP contribution in [0.15, 0.2) is 24.3 Å². The van der Waals surface area contributed by atoms with Gasteiger partial charge in [-0.3, -0.25) is 14.3 Å². The monoisotopic (exact) mass is 369 g/mol. The molecule has 0 atom stereocenters. The fourth-order valence-corrected chi connectivity index (χ4v) is 3.19. The first-order chi connectivity index (χ1) is 12.9. The maximum absolute atomic E-state index is 12.8. The average molecular weight is 369 g/mol. The molecule has 0 bridgehead atoms. The van der Waals surface area contributed by atoms with Crippen LogP contribution in [0.2, 0.25) is 0 Å². The van der Waals surface area contributed by atoms with E-state index in [-0.39, 0.29) is 18.3 Å². The quantitative estimate of drug-likeness (QED) is 0.670. The third-order valence-corrected chi connectivity index (χ3v) is 5.16. The summed E-state index contributed by atoms with van der Waals surface area (Å²) in [5.74, 6) is 0.675. The van der Waals surface area contributed by atoms with Gasteiger partial charge in [-0.2, -0.15) is 5.10 Å². The van der Waals surface area contributed by atoms with Crippen molar-refractivity contribution in [2.45, 2.75) is 52.6 Å². The highest BCUT2D eigenvalue weighted by Crippen LogP contribution is 2.29. The lowest BCUT2D eigenvalue weighted by atomic mass is 10.1. The fraction of sp³-hybridized carbons (Fsp3) is 0.476. The summed E-state index contributed by atoms with van der Waals surface area (Å²) in [6.45, 7) is 6.41. The second-order valence-corrected chi connectivity index (χ2v) is 7.12. The molecule has 1 heterocycles. The topological polar surface area (TPSA) is 64.4 Å². The van der Waals surface area contributed by atoms with Gasteiger partial charge in [0.1, 0.15) is 5.75 Å². The Labute approximate surface area is 160 Å². The molecule has 1 fully saturated rings. The Bertz CT molecular complexity index is 835. The molecule has 1 amide bonds. The summed E-state index contributed by atoms with van der Waals surface area (Å²) in [7, 11) is 1.92. The van der Waals surface area contributed by atoms with E-state index in [4.69, 9.17) is 4.74 Å². The number of benzene rings is 1. The van der Waals surface area contributed by atoms with Crippen LogP contribution >= 0.6 is 0 Å². The molecule has 0 N–H and O–H groups in total. The van der Waals surface area contributed by atoms with Crippen molar-refractivity contribution in [3.8, 4) is 5.75 Å².